The van der Waals surface area contributed by atoms with E-state index in [1.165, 1.54) is 17.7 Å². The zero-order valence-electron chi connectivity index (χ0n) is 17.1. The van der Waals surface area contributed by atoms with E-state index in [1.807, 2.05) is 0 Å². The molecule has 2 aromatic carbocycles. The Hall–Kier alpha value is -2.66. The van der Waals surface area contributed by atoms with Crippen molar-refractivity contribution >= 4 is 15.9 Å². The fourth-order valence-electron chi connectivity index (χ4n) is 3.62. The molecular weight excluding hydrogens is 398 g/mol. The molecule has 0 aliphatic carbocycles. The second kappa shape index (κ2) is 9.90. The van der Waals surface area contributed by atoms with Crippen LogP contribution in [0.4, 0.5) is 0 Å². The summed E-state index contributed by atoms with van der Waals surface area (Å²) in [6, 6.07) is 14.4. The highest BCUT2D eigenvalue weighted by Gasteiger charge is 2.24. The van der Waals surface area contributed by atoms with Crippen molar-refractivity contribution in [2.75, 3.05) is 26.2 Å². The largest absolute Gasteiger partial charge is 0.350 e. The minimum Gasteiger partial charge on any atom is -0.350 e. The average Bonchev–Trinajstić information content (AvgIpc) is 3.28. The Bertz CT molecular complexity index is 1020. The lowest BCUT2D eigenvalue weighted by Crippen LogP contribution is -2.36. The van der Waals surface area contributed by atoms with Crippen LogP contribution >= 0.6 is 0 Å². The third-order valence-corrected chi connectivity index (χ3v) is 6.67. The normalized spacial score (nSPS) is 15.5. The molecule has 6 nitrogen and oxygen atoms in total. The maximum Gasteiger partial charge on any atom is 0.251 e. The SMILES string of the molecule is C#CCNS(=O)(=O)c1cccc(C(=O)NCC(c2ccc(C)cc2)N2CCCC2)c1. The summed E-state index contributed by atoms with van der Waals surface area (Å²) in [7, 11) is -3.75. The number of nitrogens with zero attached hydrogens (tertiary/aromatic N) is 1. The third kappa shape index (κ3) is 5.48. The molecule has 0 bridgehead atoms. The van der Waals surface area contributed by atoms with Crippen LogP contribution in [0, 0.1) is 19.3 Å². The highest BCUT2D eigenvalue weighted by molar-refractivity contribution is 7.89. The van der Waals surface area contributed by atoms with Crippen molar-refractivity contribution in [3.63, 3.8) is 0 Å². The molecule has 0 spiro atoms. The zero-order valence-corrected chi connectivity index (χ0v) is 17.9. The van der Waals surface area contributed by atoms with Crippen LogP contribution in [0.15, 0.2) is 53.4 Å². The van der Waals surface area contributed by atoms with Gasteiger partial charge in [-0.05, 0) is 56.6 Å². The van der Waals surface area contributed by atoms with E-state index in [2.05, 4.69) is 52.0 Å². The van der Waals surface area contributed by atoms with Gasteiger partial charge in [0.15, 0.2) is 0 Å². The number of likely N-dealkylation sites (tertiary alicyclic amines) is 1. The molecule has 2 aromatic rings. The standard InChI is InChI=1S/C23H27N3O3S/c1-3-13-25-30(28,29)21-8-6-7-20(16-21)23(27)24-17-22(26-14-4-5-15-26)19-11-9-18(2)10-12-19/h1,6-12,16,22,25H,4-5,13-15,17H2,2H3,(H,24,27). The van der Waals surface area contributed by atoms with Crippen LogP contribution in [0.2, 0.25) is 0 Å². The molecule has 1 atom stereocenters. The van der Waals surface area contributed by atoms with Crippen molar-refractivity contribution < 1.29 is 13.2 Å². The van der Waals surface area contributed by atoms with Gasteiger partial charge in [0.2, 0.25) is 10.0 Å². The molecular formula is C23H27N3O3S. The first-order valence-electron chi connectivity index (χ1n) is 10.0. The van der Waals surface area contributed by atoms with Gasteiger partial charge in [0.05, 0.1) is 17.5 Å². The molecule has 1 fully saturated rings. The Balaban J connectivity index is 1.73. The van der Waals surface area contributed by atoms with Crippen molar-refractivity contribution in [2.45, 2.75) is 30.7 Å². The van der Waals surface area contributed by atoms with E-state index in [4.69, 9.17) is 6.42 Å². The molecule has 3 rings (SSSR count). The Morgan fingerprint density at radius 2 is 1.87 bits per heavy atom. The number of amides is 1. The van der Waals surface area contributed by atoms with Gasteiger partial charge in [-0.2, -0.15) is 4.72 Å². The minimum absolute atomic E-state index is 0.0139. The fourth-order valence-corrected chi connectivity index (χ4v) is 4.60. The molecule has 1 aliphatic heterocycles. The number of aryl methyl sites for hydroxylation is 1. The van der Waals surface area contributed by atoms with Gasteiger partial charge in [-0.3, -0.25) is 9.69 Å². The summed E-state index contributed by atoms with van der Waals surface area (Å²) < 4.78 is 26.8. The predicted octanol–water partition coefficient (Wildman–Crippen LogP) is 2.47. The Labute approximate surface area is 178 Å². The molecule has 1 heterocycles. The predicted molar refractivity (Wildman–Crippen MR) is 118 cm³/mol. The Kier molecular flexibility index (Phi) is 7.27. The third-order valence-electron chi connectivity index (χ3n) is 5.27. The van der Waals surface area contributed by atoms with Crippen molar-refractivity contribution in [1.82, 2.24) is 14.9 Å². The smallest absolute Gasteiger partial charge is 0.251 e. The molecule has 0 radical (unpaired) electrons. The number of rotatable bonds is 8. The van der Waals surface area contributed by atoms with Crippen LogP contribution in [0.3, 0.4) is 0 Å². The van der Waals surface area contributed by atoms with Crippen LogP contribution in [0.1, 0.15) is 40.4 Å². The van der Waals surface area contributed by atoms with E-state index in [0.717, 1.165) is 31.5 Å². The van der Waals surface area contributed by atoms with Gasteiger partial charge >= 0.3 is 0 Å². The lowest BCUT2D eigenvalue weighted by atomic mass is 10.0. The molecule has 1 aliphatic rings. The van der Waals surface area contributed by atoms with Crippen LogP contribution in [0.25, 0.3) is 0 Å². The second-order valence-electron chi connectivity index (χ2n) is 7.44. The molecule has 2 N–H and O–H groups in total. The first kappa shape index (κ1) is 22.0. The average molecular weight is 426 g/mol. The quantitative estimate of drug-likeness (QED) is 0.637. The van der Waals surface area contributed by atoms with E-state index >= 15 is 0 Å². The number of benzene rings is 2. The molecule has 30 heavy (non-hydrogen) atoms. The van der Waals surface area contributed by atoms with Crippen LogP contribution in [0.5, 0.6) is 0 Å². The van der Waals surface area contributed by atoms with Crippen LogP contribution in [-0.2, 0) is 10.0 Å². The highest BCUT2D eigenvalue weighted by atomic mass is 32.2. The number of hydrogen-bond acceptors (Lipinski definition) is 4. The number of carbonyl (C=O) groups is 1. The van der Waals surface area contributed by atoms with Gasteiger partial charge < -0.3 is 5.32 Å². The number of terminal acetylenes is 1. The molecule has 1 saturated heterocycles. The van der Waals surface area contributed by atoms with Gasteiger partial charge in [-0.1, -0.05) is 41.8 Å². The first-order valence-corrected chi connectivity index (χ1v) is 11.5. The van der Waals surface area contributed by atoms with Gasteiger partial charge in [0, 0.05) is 12.1 Å². The molecule has 158 valence electrons. The zero-order chi connectivity index (χ0) is 21.6. The Morgan fingerprint density at radius 3 is 2.53 bits per heavy atom. The molecule has 7 heteroatoms. The van der Waals surface area contributed by atoms with Gasteiger partial charge in [-0.15, -0.1) is 6.42 Å². The monoisotopic (exact) mass is 425 g/mol. The maximum atomic E-state index is 12.8. The molecule has 1 amide bonds. The number of hydrogen-bond donors (Lipinski definition) is 2. The summed E-state index contributed by atoms with van der Waals surface area (Å²) in [6.07, 6.45) is 7.43. The molecule has 0 saturated carbocycles. The van der Waals surface area contributed by atoms with E-state index in [1.54, 1.807) is 12.1 Å². The van der Waals surface area contributed by atoms with E-state index < -0.39 is 10.0 Å². The van der Waals surface area contributed by atoms with Crippen molar-refractivity contribution in [3.05, 3.63) is 65.2 Å². The fraction of sp³-hybridized carbons (Fsp3) is 0.348. The van der Waals surface area contributed by atoms with Gasteiger partial charge in [0.25, 0.3) is 5.91 Å². The van der Waals surface area contributed by atoms with Crippen LogP contribution in [-0.4, -0.2) is 45.4 Å². The topological polar surface area (TPSA) is 78.5 Å². The van der Waals surface area contributed by atoms with Crippen molar-refractivity contribution in [3.8, 4) is 12.3 Å². The summed E-state index contributed by atoms with van der Waals surface area (Å²) in [5, 5.41) is 2.98. The minimum atomic E-state index is -3.75. The summed E-state index contributed by atoms with van der Waals surface area (Å²) in [5.41, 5.74) is 2.65. The first-order chi connectivity index (χ1) is 14.4. The second-order valence-corrected chi connectivity index (χ2v) is 9.20. The molecule has 0 aromatic heterocycles. The Morgan fingerprint density at radius 1 is 1.17 bits per heavy atom. The highest BCUT2D eigenvalue weighted by Crippen LogP contribution is 2.25. The van der Waals surface area contributed by atoms with E-state index in [0.29, 0.717) is 12.1 Å². The number of nitrogens with one attached hydrogen (secondary N) is 2. The summed E-state index contributed by atoms with van der Waals surface area (Å²) in [6.45, 7) is 4.41. The van der Waals surface area contributed by atoms with E-state index in [9.17, 15) is 13.2 Å². The number of carbonyl (C=O) groups excluding carboxylic acids is 1. The summed E-state index contributed by atoms with van der Waals surface area (Å²) in [5.74, 6) is 1.93. The van der Waals surface area contributed by atoms with Crippen molar-refractivity contribution in [2.24, 2.45) is 0 Å². The summed E-state index contributed by atoms with van der Waals surface area (Å²) in [4.78, 5) is 15.2. The van der Waals surface area contributed by atoms with Gasteiger partial charge in [0.1, 0.15) is 0 Å². The van der Waals surface area contributed by atoms with E-state index in [-0.39, 0.29) is 23.4 Å². The summed E-state index contributed by atoms with van der Waals surface area (Å²) >= 11 is 0. The lowest BCUT2D eigenvalue weighted by molar-refractivity contribution is 0.0937. The van der Waals surface area contributed by atoms with Crippen LogP contribution < -0.4 is 10.0 Å². The molecule has 1 unspecified atom stereocenters. The lowest BCUT2D eigenvalue weighted by Gasteiger charge is -2.28. The van der Waals surface area contributed by atoms with Crippen molar-refractivity contribution in [1.29, 1.82) is 0 Å². The number of sulfonamides is 1. The maximum absolute atomic E-state index is 12.8. The van der Waals surface area contributed by atoms with Gasteiger partial charge in [-0.25, -0.2) is 8.42 Å².